The number of benzene rings is 7. The Bertz CT molecular complexity index is 2670. The van der Waals surface area contributed by atoms with Crippen molar-refractivity contribution >= 4 is 48.9 Å². The van der Waals surface area contributed by atoms with E-state index in [2.05, 4.69) is 122 Å². The third kappa shape index (κ3) is 4.04. The largest absolute Gasteiger partial charge is 0.453 e. The molecule has 7 aromatic carbocycles. The number of allylic oxidation sites excluding steroid dienone is 3. The minimum atomic E-state index is -0.108. The van der Waals surface area contributed by atoms with E-state index in [9.17, 15) is 4.79 Å². The molecule has 0 amide bonds. The van der Waals surface area contributed by atoms with Gasteiger partial charge < -0.3 is 4.74 Å². The molecule has 0 N–H and O–H groups in total. The van der Waals surface area contributed by atoms with Gasteiger partial charge in [0.2, 0.25) is 0 Å². The highest BCUT2D eigenvalue weighted by atomic mass is 16.5. The van der Waals surface area contributed by atoms with Gasteiger partial charge in [0.1, 0.15) is 0 Å². The fourth-order valence-electron chi connectivity index (χ4n) is 7.45. The van der Waals surface area contributed by atoms with Crippen molar-refractivity contribution in [1.82, 2.24) is 4.57 Å². The third-order valence-electron chi connectivity index (χ3n) is 9.54. The molecule has 0 unspecified atom stereocenters. The summed E-state index contributed by atoms with van der Waals surface area (Å²) in [7, 11) is 0. The monoisotopic (exact) mass is 615 g/mol. The van der Waals surface area contributed by atoms with Crippen LogP contribution < -0.4 is 10.3 Å². The molecular formula is C45H29NO2. The molecule has 0 saturated heterocycles. The average Bonchev–Trinajstić information content (AvgIpc) is 3.15. The number of fused-ring (bicyclic) bond motifs is 4. The fraction of sp³-hybridized carbons (Fsp3) is 0. The van der Waals surface area contributed by atoms with Crippen LogP contribution in [0, 0.1) is 0 Å². The van der Waals surface area contributed by atoms with Crippen molar-refractivity contribution in [3.8, 4) is 39.1 Å². The van der Waals surface area contributed by atoms with Gasteiger partial charge in [-0.15, -0.1) is 0 Å². The Balaban J connectivity index is 1.36. The van der Waals surface area contributed by atoms with Gasteiger partial charge in [0, 0.05) is 10.8 Å². The molecule has 0 radical (unpaired) electrons. The molecule has 0 aliphatic carbocycles. The van der Waals surface area contributed by atoms with Crippen molar-refractivity contribution in [3.63, 3.8) is 0 Å². The molecule has 9 rings (SSSR count). The number of pyridine rings is 1. The second kappa shape index (κ2) is 10.8. The van der Waals surface area contributed by atoms with E-state index in [1.807, 2.05) is 30.3 Å². The lowest BCUT2D eigenvalue weighted by molar-refractivity contribution is 0.441. The minimum Gasteiger partial charge on any atom is -0.453 e. The maximum absolute atomic E-state index is 14.0. The summed E-state index contributed by atoms with van der Waals surface area (Å²) in [5.74, 6) is 1.11. The molecule has 0 fully saturated rings. The lowest BCUT2D eigenvalue weighted by Crippen LogP contribution is -2.24. The highest BCUT2D eigenvalue weighted by Crippen LogP contribution is 2.47. The summed E-state index contributed by atoms with van der Waals surface area (Å²) in [6.45, 7) is 7.99. The van der Waals surface area contributed by atoms with E-state index in [0.29, 0.717) is 22.6 Å². The molecule has 1 aliphatic rings. The normalized spacial score (nSPS) is 12.5. The highest BCUT2D eigenvalue weighted by Gasteiger charge is 2.25. The van der Waals surface area contributed by atoms with Gasteiger partial charge >= 0.3 is 0 Å². The van der Waals surface area contributed by atoms with Crippen LogP contribution in [0.25, 0.3) is 82.3 Å². The molecule has 0 saturated carbocycles. The van der Waals surface area contributed by atoms with Crippen molar-refractivity contribution in [3.05, 3.63) is 181 Å². The van der Waals surface area contributed by atoms with E-state index < -0.39 is 0 Å². The molecule has 3 heteroatoms. The zero-order valence-corrected chi connectivity index (χ0v) is 26.1. The third-order valence-corrected chi connectivity index (χ3v) is 9.54. The van der Waals surface area contributed by atoms with Crippen molar-refractivity contribution in [1.29, 1.82) is 0 Å². The zero-order valence-electron chi connectivity index (χ0n) is 26.1. The SMILES string of the molecule is C=CC1=C(C=C)n2c(=O)c3ccccc3c3cc(-c4c5ccccc5c(-c5ccc(-c6ccccc6)cc5)c5ccccc45)cc(c32)O1. The van der Waals surface area contributed by atoms with Crippen LogP contribution in [0.15, 0.2) is 175 Å². The summed E-state index contributed by atoms with van der Waals surface area (Å²) in [6.07, 6.45) is 3.30. The maximum Gasteiger partial charge on any atom is 0.263 e. The number of aromatic nitrogens is 1. The molecule has 0 atom stereocenters. The first-order valence-corrected chi connectivity index (χ1v) is 16.0. The molecule has 0 bridgehead atoms. The van der Waals surface area contributed by atoms with Gasteiger partial charge in [-0.3, -0.25) is 9.36 Å². The van der Waals surface area contributed by atoms with Crippen molar-refractivity contribution in [2.75, 3.05) is 0 Å². The summed E-state index contributed by atoms with van der Waals surface area (Å²) in [5, 5.41) is 7.09. The van der Waals surface area contributed by atoms with Crippen LogP contribution in [0.3, 0.4) is 0 Å². The second-order valence-corrected chi connectivity index (χ2v) is 12.1. The fourth-order valence-corrected chi connectivity index (χ4v) is 7.45. The second-order valence-electron chi connectivity index (χ2n) is 12.1. The highest BCUT2D eigenvalue weighted by molar-refractivity contribution is 6.22. The van der Waals surface area contributed by atoms with Gasteiger partial charge in [0.15, 0.2) is 11.5 Å². The van der Waals surface area contributed by atoms with Gasteiger partial charge in [-0.2, -0.15) is 0 Å². The molecule has 1 aromatic heterocycles. The first kappa shape index (κ1) is 27.8. The van der Waals surface area contributed by atoms with Crippen LogP contribution >= 0.6 is 0 Å². The molecule has 8 aromatic rings. The predicted octanol–water partition coefficient (Wildman–Crippen LogP) is 11.4. The van der Waals surface area contributed by atoms with Gasteiger partial charge in [0.25, 0.3) is 5.56 Å². The number of hydrogen-bond acceptors (Lipinski definition) is 2. The summed E-state index contributed by atoms with van der Waals surface area (Å²) < 4.78 is 8.24. The molecule has 3 nitrogen and oxygen atoms in total. The Morgan fingerprint density at radius 3 is 1.56 bits per heavy atom. The van der Waals surface area contributed by atoms with E-state index in [1.165, 1.54) is 33.0 Å². The Morgan fingerprint density at radius 2 is 0.979 bits per heavy atom. The van der Waals surface area contributed by atoms with Crippen molar-refractivity contribution < 1.29 is 4.74 Å². The van der Waals surface area contributed by atoms with E-state index in [-0.39, 0.29) is 5.56 Å². The van der Waals surface area contributed by atoms with Gasteiger partial charge in [-0.25, -0.2) is 0 Å². The quantitative estimate of drug-likeness (QED) is 0.142. The molecule has 0 spiro atoms. The first-order chi connectivity index (χ1) is 23.7. The standard InChI is InChI=1S/C45H29NO2/c1-3-39-40(4-2)48-41-27-31(26-38-32-16-8-13-21-37(32)45(47)46(39)44(38)41)43-35-19-11-9-17-33(35)42(34-18-10-12-20-36(34)43)30-24-22-29(23-25-30)28-14-6-5-7-15-28/h3-27H,1-2H2. The van der Waals surface area contributed by atoms with Crippen molar-refractivity contribution in [2.45, 2.75) is 0 Å². The van der Waals surface area contributed by atoms with E-state index in [4.69, 9.17) is 4.74 Å². The molecule has 48 heavy (non-hydrogen) atoms. The van der Waals surface area contributed by atoms with E-state index in [1.54, 1.807) is 16.7 Å². The van der Waals surface area contributed by atoms with Crippen molar-refractivity contribution in [2.24, 2.45) is 0 Å². The lowest BCUT2D eigenvalue weighted by Gasteiger charge is -2.25. The molecular weight excluding hydrogens is 587 g/mol. The minimum absolute atomic E-state index is 0.108. The smallest absolute Gasteiger partial charge is 0.263 e. The van der Waals surface area contributed by atoms with Crippen LogP contribution in [0.4, 0.5) is 0 Å². The van der Waals surface area contributed by atoms with Crippen LogP contribution in [0.5, 0.6) is 5.75 Å². The summed E-state index contributed by atoms with van der Waals surface area (Å²) in [5.41, 5.74) is 8.09. The number of hydrogen-bond donors (Lipinski definition) is 0. The van der Waals surface area contributed by atoms with Crippen LogP contribution in [0.1, 0.15) is 0 Å². The molecule has 2 heterocycles. The summed E-state index contributed by atoms with van der Waals surface area (Å²) in [6, 6.07) is 48.7. The Morgan fingerprint density at radius 1 is 0.479 bits per heavy atom. The number of nitrogens with zero attached hydrogens (tertiary/aromatic N) is 1. The van der Waals surface area contributed by atoms with Crippen LogP contribution in [0.2, 0.25) is 0 Å². The van der Waals surface area contributed by atoms with Crippen LogP contribution in [-0.4, -0.2) is 4.57 Å². The topological polar surface area (TPSA) is 31.2 Å². The van der Waals surface area contributed by atoms with Gasteiger partial charge in [0.05, 0.1) is 11.2 Å². The maximum atomic E-state index is 14.0. The van der Waals surface area contributed by atoms with E-state index >= 15 is 0 Å². The van der Waals surface area contributed by atoms with Gasteiger partial charge in [-0.05, 0) is 90.7 Å². The number of ether oxygens (including phenoxy) is 1. The predicted molar refractivity (Wildman–Crippen MR) is 201 cm³/mol. The molecule has 226 valence electrons. The Hall–Kier alpha value is -6.45. The van der Waals surface area contributed by atoms with Crippen LogP contribution in [-0.2, 0) is 0 Å². The average molecular weight is 616 g/mol. The zero-order chi connectivity index (χ0) is 32.4. The number of rotatable bonds is 5. The molecule has 1 aliphatic heterocycles. The Kier molecular flexibility index (Phi) is 6.28. The summed E-state index contributed by atoms with van der Waals surface area (Å²) in [4.78, 5) is 14.0. The first-order valence-electron chi connectivity index (χ1n) is 16.0. The van der Waals surface area contributed by atoms with E-state index in [0.717, 1.165) is 38.2 Å². The lowest BCUT2D eigenvalue weighted by atomic mass is 9.85. The van der Waals surface area contributed by atoms with Gasteiger partial charge in [-0.1, -0.05) is 134 Å². The Labute approximate surface area is 277 Å². The summed E-state index contributed by atoms with van der Waals surface area (Å²) >= 11 is 0.